The lowest BCUT2D eigenvalue weighted by molar-refractivity contribution is -0.141. The highest BCUT2D eigenvalue weighted by Gasteiger charge is 2.26. The van der Waals surface area contributed by atoms with Crippen LogP contribution in [0.3, 0.4) is 0 Å². The first kappa shape index (κ1) is 14.9. The molecule has 1 atom stereocenters. The SMILES string of the molecule is CC.CC.CN1CCC[C@@H]1C(=O)O. The Labute approximate surface area is 81.7 Å². The van der Waals surface area contributed by atoms with Gasteiger partial charge >= 0.3 is 5.97 Å². The van der Waals surface area contributed by atoms with Gasteiger partial charge in [0.2, 0.25) is 0 Å². The van der Waals surface area contributed by atoms with Gasteiger partial charge in [0, 0.05) is 0 Å². The molecule has 1 aliphatic heterocycles. The number of hydrogen-bond acceptors (Lipinski definition) is 2. The molecule has 3 nitrogen and oxygen atoms in total. The van der Waals surface area contributed by atoms with Gasteiger partial charge in [-0.05, 0) is 26.4 Å². The molecule has 3 heteroatoms. The highest BCUT2D eigenvalue weighted by atomic mass is 16.4. The van der Waals surface area contributed by atoms with E-state index in [0.29, 0.717) is 0 Å². The van der Waals surface area contributed by atoms with E-state index in [1.807, 2.05) is 39.6 Å². The second-order valence-corrected chi connectivity index (χ2v) is 2.48. The molecule has 0 aromatic carbocycles. The average molecular weight is 189 g/mol. The molecule has 1 N–H and O–H groups in total. The van der Waals surface area contributed by atoms with Crippen LogP contribution in [0.15, 0.2) is 0 Å². The standard InChI is InChI=1S/C6H11NO2.2C2H6/c1-7-4-2-3-5(7)6(8)9;2*1-2/h5H,2-4H2,1H3,(H,8,9);2*1-2H3/t5-;;/m1../s1. The Morgan fingerprint density at radius 1 is 1.31 bits per heavy atom. The number of rotatable bonds is 1. The van der Waals surface area contributed by atoms with Crippen LogP contribution in [0.5, 0.6) is 0 Å². The molecule has 0 aromatic rings. The van der Waals surface area contributed by atoms with Gasteiger partial charge in [-0.2, -0.15) is 0 Å². The lowest BCUT2D eigenvalue weighted by Crippen LogP contribution is -2.32. The van der Waals surface area contributed by atoms with Crippen LogP contribution in [-0.4, -0.2) is 35.6 Å². The molecule has 80 valence electrons. The highest BCUT2D eigenvalue weighted by molar-refractivity contribution is 5.73. The summed E-state index contributed by atoms with van der Waals surface area (Å²) in [4.78, 5) is 12.2. The quantitative estimate of drug-likeness (QED) is 0.687. The normalized spacial score (nSPS) is 20.8. The first-order valence-corrected chi connectivity index (χ1v) is 5.15. The van der Waals surface area contributed by atoms with E-state index in [4.69, 9.17) is 5.11 Å². The van der Waals surface area contributed by atoms with Crippen molar-refractivity contribution in [1.82, 2.24) is 4.90 Å². The van der Waals surface area contributed by atoms with Gasteiger partial charge in [0.15, 0.2) is 0 Å². The fourth-order valence-corrected chi connectivity index (χ4v) is 1.22. The monoisotopic (exact) mass is 189 g/mol. The summed E-state index contributed by atoms with van der Waals surface area (Å²) >= 11 is 0. The number of carboxylic acid groups (broad SMARTS) is 1. The zero-order valence-corrected chi connectivity index (χ0v) is 9.50. The molecule has 0 spiro atoms. The van der Waals surface area contributed by atoms with Crippen LogP contribution in [0.4, 0.5) is 0 Å². The van der Waals surface area contributed by atoms with Crippen molar-refractivity contribution in [3.63, 3.8) is 0 Å². The van der Waals surface area contributed by atoms with E-state index in [2.05, 4.69) is 0 Å². The first-order valence-electron chi connectivity index (χ1n) is 5.15. The Bertz CT molecular complexity index is 126. The van der Waals surface area contributed by atoms with E-state index in [1.165, 1.54) is 0 Å². The summed E-state index contributed by atoms with van der Waals surface area (Å²) in [5.74, 6) is -0.685. The van der Waals surface area contributed by atoms with E-state index in [-0.39, 0.29) is 6.04 Å². The molecule has 1 aliphatic rings. The molecular formula is C10H23NO2. The molecule has 0 aromatic heterocycles. The minimum Gasteiger partial charge on any atom is -0.480 e. The van der Waals surface area contributed by atoms with Gasteiger partial charge in [0.25, 0.3) is 0 Å². The van der Waals surface area contributed by atoms with Crippen molar-refractivity contribution in [2.45, 2.75) is 46.6 Å². The Balaban J connectivity index is 0. The Morgan fingerprint density at radius 3 is 1.92 bits per heavy atom. The first-order chi connectivity index (χ1) is 6.22. The van der Waals surface area contributed by atoms with Gasteiger partial charge in [0.1, 0.15) is 6.04 Å². The Morgan fingerprint density at radius 2 is 1.77 bits per heavy atom. The fraction of sp³-hybridized carbons (Fsp3) is 0.900. The van der Waals surface area contributed by atoms with Crippen LogP contribution in [0.25, 0.3) is 0 Å². The van der Waals surface area contributed by atoms with Crippen LogP contribution < -0.4 is 0 Å². The lowest BCUT2D eigenvalue weighted by Gasteiger charge is -2.13. The molecule has 0 bridgehead atoms. The van der Waals surface area contributed by atoms with E-state index < -0.39 is 5.97 Å². The molecule has 0 unspecified atom stereocenters. The van der Waals surface area contributed by atoms with Crippen LogP contribution in [0.2, 0.25) is 0 Å². The van der Waals surface area contributed by atoms with Crippen LogP contribution in [0, 0.1) is 0 Å². The number of carbonyl (C=O) groups is 1. The summed E-state index contributed by atoms with van der Waals surface area (Å²) in [6, 6.07) is -0.218. The van der Waals surface area contributed by atoms with Crippen LogP contribution in [0.1, 0.15) is 40.5 Å². The molecule has 0 radical (unpaired) electrons. The van der Waals surface area contributed by atoms with Gasteiger partial charge < -0.3 is 5.11 Å². The molecule has 0 amide bonds. The largest absolute Gasteiger partial charge is 0.480 e. The van der Waals surface area contributed by atoms with Gasteiger partial charge in [-0.15, -0.1) is 0 Å². The van der Waals surface area contributed by atoms with Crippen molar-refractivity contribution >= 4 is 5.97 Å². The predicted molar refractivity (Wildman–Crippen MR) is 56.0 cm³/mol. The topological polar surface area (TPSA) is 40.5 Å². The maximum atomic E-state index is 10.4. The van der Waals surface area contributed by atoms with Crippen molar-refractivity contribution in [3.05, 3.63) is 0 Å². The average Bonchev–Trinajstić information content (AvgIpc) is 2.58. The molecule has 13 heavy (non-hydrogen) atoms. The summed E-state index contributed by atoms with van der Waals surface area (Å²) in [6.07, 6.45) is 1.83. The van der Waals surface area contributed by atoms with Gasteiger partial charge in [-0.3, -0.25) is 9.69 Å². The fourth-order valence-electron chi connectivity index (χ4n) is 1.22. The Hall–Kier alpha value is -0.570. The summed E-state index contributed by atoms with van der Waals surface area (Å²) < 4.78 is 0. The Kier molecular flexibility index (Phi) is 10.9. The predicted octanol–water partition coefficient (Wildman–Crippen LogP) is 2.22. The highest BCUT2D eigenvalue weighted by Crippen LogP contribution is 2.13. The van der Waals surface area contributed by atoms with Crippen LogP contribution >= 0.6 is 0 Å². The van der Waals surface area contributed by atoms with E-state index in [1.54, 1.807) is 0 Å². The van der Waals surface area contributed by atoms with Gasteiger partial charge in [0.05, 0.1) is 0 Å². The third-order valence-corrected chi connectivity index (χ3v) is 1.81. The summed E-state index contributed by atoms with van der Waals surface area (Å²) in [6.45, 7) is 8.93. The molecule has 1 saturated heterocycles. The number of aliphatic carboxylic acids is 1. The molecule has 1 fully saturated rings. The smallest absolute Gasteiger partial charge is 0.320 e. The molecule has 0 aliphatic carbocycles. The minimum atomic E-state index is -0.685. The zero-order chi connectivity index (χ0) is 10.9. The number of likely N-dealkylation sites (tertiary alicyclic amines) is 1. The summed E-state index contributed by atoms with van der Waals surface area (Å²) in [5, 5.41) is 8.54. The summed E-state index contributed by atoms with van der Waals surface area (Å²) in [5.41, 5.74) is 0. The van der Waals surface area contributed by atoms with Crippen molar-refractivity contribution in [1.29, 1.82) is 0 Å². The van der Waals surface area contributed by atoms with Gasteiger partial charge in [-0.1, -0.05) is 27.7 Å². The second kappa shape index (κ2) is 9.52. The van der Waals surface area contributed by atoms with Gasteiger partial charge in [-0.25, -0.2) is 0 Å². The van der Waals surface area contributed by atoms with Crippen LogP contribution in [-0.2, 0) is 4.79 Å². The molecule has 1 rings (SSSR count). The summed E-state index contributed by atoms with van der Waals surface area (Å²) in [7, 11) is 1.85. The number of nitrogens with zero attached hydrogens (tertiary/aromatic N) is 1. The number of hydrogen-bond donors (Lipinski definition) is 1. The third kappa shape index (κ3) is 5.64. The maximum absolute atomic E-state index is 10.4. The van der Waals surface area contributed by atoms with Crippen molar-refractivity contribution < 1.29 is 9.90 Å². The van der Waals surface area contributed by atoms with Crippen molar-refractivity contribution in [2.75, 3.05) is 13.6 Å². The molecular weight excluding hydrogens is 166 g/mol. The maximum Gasteiger partial charge on any atom is 0.320 e. The lowest BCUT2D eigenvalue weighted by atomic mass is 10.2. The molecule has 1 heterocycles. The zero-order valence-electron chi connectivity index (χ0n) is 9.50. The minimum absolute atomic E-state index is 0.218. The van der Waals surface area contributed by atoms with Crippen molar-refractivity contribution in [2.24, 2.45) is 0 Å². The van der Waals surface area contributed by atoms with E-state index in [0.717, 1.165) is 19.4 Å². The van der Waals surface area contributed by atoms with E-state index >= 15 is 0 Å². The number of carboxylic acids is 1. The molecule has 0 saturated carbocycles. The van der Waals surface area contributed by atoms with Crippen molar-refractivity contribution in [3.8, 4) is 0 Å². The third-order valence-electron chi connectivity index (χ3n) is 1.81. The number of likely N-dealkylation sites (N-methyl/N-ethyl adjacent to an activating group) is 1. The van der Waals surface area contributed by atoms with E-state index in [9.17, 15) is 4.79 Å². The second-order valence-electron chi connectivity index (χ2n) is 2.48.